The molecule has 0 saturated carbocycles. The molecule has 6 nitrogen and oxygen atoms in total. The molecule has 2 aliphatic heterocycles. The van der Waals surface area contributed by atoms with Crippen molar-refractivity contribution in [3.63, 3.8) is 0 Å². The van der Waals surface area contributed by atoms with E-state index in [4.69, 9.17) is 21.7 Å². The molecule has 2 atom stereocenters. The van der Waals surface area contributed by atoms with Gasteiger partial charge in [0.2, 0.25) is 0 Å². The topological polar surface area (TPSA) is 67.9 Å². The van der Waals surface area contributed by atoms with Gasteiger partial charge in [0.15, 0.2) is 26.4 Å². The standard InChI is InChI=1S/C14H18N2O4S2/c1-19-12-4-3-9(5-13(12)20-2)6-16-11-8-22(17,18)7-10(11)15-14(16)21/h3-5,10-11H,6-8H2,1-2H3,(H,15,21)/t10-,11+/m0/s1. The summed E-state index contributed by atoms with van der Waals surface area (Å²) in [5.41, 5.74) is 0.992. The molecule has 1 aromatic rings. The van der Waals surface area contributed by atoms with Crippen molar-refractivity contribution >= 4 is 27.2 Å². The van der Waals surface area contributed by atoms with Crippen LogP contribution in [0.15, 0.2) is 18.2 Å². The molecule has 3 rings (SSSR count). The van der Waals surface area contributed by atoms with Crippen LogP contribution in [0.2, 0.25) is 0 Å². The molecule has 0 spiro atoms. The lowest BCUT2D eigenvalue weighted by atomic mass is 10.1. The number of hydrogen-bond donors (Lipinski definition) is 1. The monoisotopic (exact) mass is 342 g/mol. The largest absolute Gasteiger partial charge is 0.493 e. The maximum absolute atomic E-state index is 11.8. The number of nitrogens with zero attached hydrogens (tertiary/aromatic N) is 1. The molecule has 2 aliphatic rings. The molecule has 2 saturated heterocycles. The van der Waals surface area contributed by atoms with Crippen molar-refractivity contribution in [3.8, 4) is 11.5 Å². The molecule has 22 heavy (non-hydrogen) atoms. The van der Waals surface area contributed by atoms with Gasteiger partial charge in [-0.15, -0.1) is 0 Å². The van der Waals surface area contributed by atoms with Crippen LogP contribution in [0.4, 0.5) is 0 Å². The van der Waals surface area contributed by atoms with Gasteiger partial charge < -0.3 is 19.7 Å². The number of benzene rings is 1. The van der Waals surface area contributed by atoms with Crippen molar-refractivity contribution in [1.82, 2.24) is 10.2 Å². The Labute approximate surface area is 135 Å². The van der Waals surface area contributed by atoms with Gasteiger partial charge in [-0.2, -0.15) is 0 Å². The Hall–Kier alpha value is -1.54. The quantitative estimate of drug-likeness (QED) is 0.802. The van der Waals surface area contributed by atoms with E-state index in [0.29, 0.717) is 23.2 Å². The number of rotatable bonds is 4. The maximum atomic E-state index is 11.8. The third kappa shape index (κ3) is 2.72. The van der Waals surface area contributed by atoms with Gasteiger partial charge in [0.05, 0.1) is 37.8 Å². The average Bonchev–Trinajstić information content (AvgIpc) is 2.91. The first-order valence-electron chi connectivity index (χ1n) is 6.92. The molecule has 0 aliphatic carbocycles. The first kappa shape index (κ1) is 15.4. The van der Waals surface area contributed by atoms with Gasteiger partial charge in [-0.25, -0.2) is 8.42 Å². The van der Waals surface area contributed by atoms with Crippen LogP contribution in [0.1, 0.15) is 5.56 Å². The Balaban J connectivity index is 1.82. The Morgan fingerprint density at radius 2 is 2.00 bits per heavy atom. The summed E-state index contributed by atoms with van der Waals surface area (Å²) in [6.45, 7) is 0.545. The second kappa shape index (κ2) is 5.58. The molecule has 0 bridgehead atoms. The van der Waals surface area contributed by atoms with Crippen LogP contribution in [0.3, 0.4) is 0 Å². The zero-order chi connectivity index (χ0) is 15.9. The third-order valence-electron chi connectivity index (χ3n) is 4.09. The summed E-state index contributed by atoms with van der Waals surface area (Å²) in [7, 11) is 0.189. The minimum absolute atomic E-state index is 0.0920. The minimum Gasteiger partial charge on any atom is -0.493 e. The predicted molar refractivity (Wildman–Crippen MR) is 87.1 cm³/mol. The lowest BCUT2D eigenvalue weighted by molar-refractivity contribution is 0.341. The van der Waals surface area contributed by atoms with Gasteiger partial charge in [0.25, 0.3) is 0 Å². The summed E-state index contributed by atoms with van der Waals surface area (Å²) in [6, 6.07) is 5.46. The number of ether oxygens (including phenoxy) is 2. The molecule has 1 N–H and O–H groups in total. The van der Waals surface area contributed by atoms with Gasteiger partial charge in [-0.1, -0.05) is 6.07 Å². The highest BCUT2D eigenvalue weighted by molar-refractivity contribution is 7.91. The molecule has 2 fully saturated rings. The van der Waals surface area contributed by atoms with Gasteiger partial charge in [-0.05, 0) is 29.9 Å². The fraction of sp³-hybridized carbons (Fsp3) is 0.500. The Morgan fingerprint density at radius 1 is 1.27 bits per heavy atom. The van der Waals surface area contributed by atoms with E-state index in [9.17, 15) is 8.42 Å². The SMILES string of the molecule is COc1ccc(CN2C(=S)N[C@H]3CS(=O)(=O)C[C@H]32)cc1OC. The van der Waals surface area contributed by atoms with E-state index in [1.807, 2.05) is 23.1 Å². The summed E-state index contributed by atoms with van der Waals surface area (Å²) >= 11 is 5.34. The number of nitrogens with one attached hydrogen (secondary N) is 1. The first-order chi connectivity index (χ1) is 10.4. The van der Waals surface area contributed by atoms with E-state index in [-0.39, 0.29) is 23.6 Å². The Bertz CT molecular complexity index is 705. The minimum atomic E-state index is -2.99. The zero-order valence-corrected chi connectivity index (χ0v) is 14.0. The molecule has 0 radical (unpaired) electrons. The van der Waals surface area contributed by atoms with Crippen molar-refractivity contribution in [1.29, 1.82) is 0 Å². The summed E-state index contributed by atoms with van der Waals surface area (Å²) in [5.74, 6) is 1.61. The number of thiocarbonyl (C=S) groups is 1. The van der Waals surface area contributed by atoms with Crippen LogP contribution in [-0.2, 0) is 16.4 Å². The van der Waals surface area contributed by atoms with Crippen molar-refractivity contribution in [3.05, 3.63) is 23.8 Å². The number of fused-ring (bicyclic) bond motifs is 1. The second-order valence-electron chi connectivity index (χ2n) is 5.52. The van der Waals surface area contributed by atoms with Crippen LogP contribution in [0, 0.1) is 0 Å². The number of sulfone groups is 1. The highest BCUT2D eigenvalue weighted by atomic mass is 32.2. The lowest BCUT2D eigenvalue weighted by Gasteiger charge is -2.23. The summed E-state index contributed by atoms with van der Waals surface area (Å²) < 4.78 is 34.1. The average molecular weight is 342 g/mol. The fourth-order valence-electron chi connectivity index (χ4n) is 3.03. The van der Waals surface area contributed by atoms with Gasteiger partial charge >= 0.3 is 0 Å². The molecule has 0 aromatic heterocycles. The smallest absolute Gasteiger partial charge is 0.169 e. The number of methoxy groups -OCH3 is 2. The highest BCUT2D eigenvalue weighted by Gasteiger charge is 2.46. The van der Waals surface area contributed by atoms with E-state index in [0.717, 1.165) is 5.56 Å². The predicted octanol–water partition coefficient (Wildman–Crippen LogP) is 0.559. The molecule has 120 valence electrons. The normalized spacial score (nSPS) is 25.7. The van der Waals surface area contributed by atoms with E-state index < -0.39 is 9.84 Å². The van der Waals surface area contributed by atoms with E-state index in [2.05, 4.69) is 5.32 Å². The van der Waals surface area contributed by atoms with Gasteiger partial charge in [-0.3, -0.25) is 0 Å². The maximum Gasteiger partial charge on any atom is 0.169 e. The first-order valence-corrected chi connectivity index (χ1v) is 9.15. The van der Waals surface area contributed by atoms with Crippen LogP contribution in [-0.4, -0.2) is 56.2 Å². The van der Waals surface area contributed by atoms with E-state index in [1.54, 1.807) is 14.2 Å². The van der Waals surface area contributed by atoms with Crippen molar-refractivity contribution in [2.75, 3.05) is 25.7 Å². The number of hydrogen-bond acceptors (Lipinski definition) is 5. The van der Waals surface area contributed by atoms with Crippen molar-refractivity contribution in [2.45, 2.75) is 18.6 Å². The van der Waals surface area contributed by atoms with Crippen LogP contribution < -0.4 is 14.8 Å². The lowest BCUT2D eigenvalue weighted by Crippen LogP contribution is -2.36. The Morgan fingerprint density at radius 3 is 2.68 bits per heavy atom. The molecule has 0 amide bonds. The van der Waals surface area contributed by atoms with Crippen LogP contribution in [0.5, 0.6) is 11.5 Å². The molecular weight excluding hydrogens is 324 g/mol. The molecular formula is C14H18N2O4S2. The molecule has 2 heterocycles. The summed E-state index contributed by atoms with van der Waals surface area (Å²) in [5, 5.41) is 3.73. The fourth-order valence-corrected chi connectivity index (χ4v) is 5.30. The molecule has 0 unspecified atom stereocenters. The summed E-state index contributed by atoms with van der Waals surface area (Å²) in [4.78, 5) is 1.95. The van der Waals surface area contributed by atoms with Crippen LogP contribution >= 0.6 is 12.2 Å². The van der Waals surface area contributed by atoms with Gasteiger partial charge in [0, 0.05) is 6.54 Å². The van der Waals surface area contributed by atoms with Crippen molar-refractivity contribution < 1.29 is 17.9 Å². The second-order valence-corrected chi connectivity index (χ2v) is 8.06. The third-order valence-corrected chi connectivity index (χ3v) is 6.16. The van der Waals surface area contributed by atoms with Crippen molar-refractivity contribution in [2.24, 2.45) is 0 Å². The zero-order valence-electron chi connectivity index (χ0n) is 12.4. The molecule has 1 aromatic carbocycles. The highest BCUT2D eigenvalue weighted by Crippen LogP contribution is 2.30. The molecule has 8 heteroatoms. The van der Waals surface area contributed by atoms with E-state index >= 15 is 0 Å². The van der Waals surface area contributed by atoms with E-state index in [1.165, 1.54) is 0 Å². The summed E-state index contributed by atoms with van der Waals surface area (Å²) in [6.07, 6.45) is 0. The van der Waals surface area contributed by atoms with Gasteiger partial charge in [0.1, 0.15) is 0 Å². The van der Waals surface area contributed by atoms with Crippen LogP contribution in [0.25, 0.3) is 0 Å². The Kier molecular flexibility index (Phi) is 3.90.